The Bertz CT molecular complexity index is 1150. The fourth-order valence-corrected chi connectivity index (χ4v) is 6.20. The number of halogens is 2. The summed E-state index contributed by atoms with van der Waals surface area (Å²) in [5.74, 6) is 0.468. The van der Waals surface area contributed by atoms with E-state index in [1.165, 1.54) is 5.56 Å². The monoisotopic (exact) mass is 599 g/mol. The van der Waals surface area contributed by atoms with Crippen LogP contribution in [0.3, 0.4) is 0 Å². The minimum atomic E-state index is -0.183. The zero-order valence-corrected chi connectivity index (χ0v) is 26.1. The van der Waals surface area contributed by atoms with E-state index in [2.05, 4.69) is 11.8 Å². The van der Waals surface area contributed by atoms with Crippen LogP contribution in [0.2, 0.25) is 5.02 Å². The molecule has 230 valence electrons. The molecule has 4 rings (SSSR count). The summed E-state index contributed by atoms with van der Waals surface area (Å²) < 4.78 is 18.8. The minimum Gasteiger partial charge on any atom is -0.372 e. The maximum absolute atomic E-state index is 13.9. The lowest BCUT2D eigenvalue weighted by Crippen LogP contribution is -2.46. The molecule has 2 aromatic carbocycles. The lowest BCUT2D eigenvalue weighted by Gasteiger charge is -2.35. The molecule has 0 bridgehead atoms. The van der Waals surface area contributed by atoms with E-state index in [0.717, 1.165) is 69.4 Å². The third-order valence-electron chi connectivity index (χ3n) is 8.80. The number of piperidine rings is 2. The van der Waals surface area contributed by atoms with Gasteiger partial charge in [-0.1, -0.05) is 43.1 Å². The first-order valence-electron chi connectivity index (χ1n) is 15.7. The maximum atomic E-state index is 13.9. The van der Waals surface area contributed by atoms with Crippen molar-refractivity contribution in [2.45, 2.75) is 65.2 Å². The van der Waals surface area contributed by atoms with Crippen molar-refractivity contribution in [1.82, 2.24) is 9.80 Å². The molecule has 2 aliphatic heterocycles. The summed E-state index contributed by atoms with van der Waals surface area (Å²) in [6, 6.07) is 12.8. The van der Waals surface area contributed by atoms with E-state index in [-0.39, 0.29) is 30.2 Å². The first-order valence-corrected chi connectivity index (χ1v) is 16.1. The van der Waals surface area contributed by atoms with Crippen molar-refractivity contribution in [1.29, 1.82) is 0 Å². The van der Waals surface area contributed by atoms with Crippen molar-refractivity contribution in [2.24, 2.45) is 11.8 Å². The summed E-state index contributed by atoms with van der Waals surface area (Å²) >= 11 is 6.48. The van der Waals surface area contributed by atoms with E-state index in [4.69, 9.17) is 16.3 Å². The zero-order valence-electron chi connectivity index (χ0n) is 25.3. The predicted octanol–water partition coefficient (Wildman–Crippen LogP) is 6.52. The quantitative estimate of drug-likeness (QED) is 0.246. The first kappa shape index (κ1) is 32.4. The highest BCUT2D eigenvalue weighted by molar-refractivity contribution is 6.31. The number of benzene rings is 2. The standard InChI is InChI=1S/C34H47ClFN3O3/c1-3-4-22-42-25-33(40)38-20-14-29(15-21-38)34(41)39(31-11-6-26(2)32(35)24-31)17-5-16-37-18-12-28(13-19-37)23-27-7-9-30(36)10-8-27/h6-11,24,28-29H,3-5,12-23,25H2,1-2H3. The van der Waals surface area contributed by atoms with E-state index < -0.39 is 0 Å². The van der Waals surface area contributed by atoms with E-state index in [9.17, 15) is 14.0 Å². The summed E-state index contributed by atoms with van der Waals surface area (Å²) in [5, 5.41) is 0.664. The molecule has 2 saturated heterocycles. The van der Waals surface area contributed by atoms with Crippen LogP contribution in [0, 0.1) is 24.6 Å². The second-order valence-electron chi connectivity index (χ2n) is 12.0. The molecule has 0 spiro atoms. The Morgan fingerprint density at radius 3 is 2.38 bits per heavy atom. The summed E-state index contributed by atoms with van der Waals surface area (Å²) in [6.45, 7) is 9.64. The number of ether oxygens (including phenoxy) is 1. The number of hydrogen-bond donors (Lipinski definition) is 0. The molecule has 8 heteroatoms. The molecular formula is C34H47ClFN3O3. The van der Waals surface area contributed by atoms with Crippen LogP contribution in [0.5, 0.6) is 0 Å². The molecule has 2 aliphatic rings. The van der Waals surface area contributed by atoms with Crippen molar-refractivity contribution >= 4 is 29.1 Å². The molecule has 0 aromatic heterocycles. The number of unbranched alkanes of at least 4 members (excludes halogenated alkanes) is 1. The Hall–Kier alpha value is -2.48. The Morgan fingerprint density at radius 1 is 1.00 bits per heavy atom. The van der Waals surface area contributed by atoms with Gasteiger partial charge in [0.15, 0.2) is 0 Å². The number of amides is 2. The van der Waals surface area contributed by atoms with Gasteiger partial charge in [0.05, 0.1) is 0 Å². The number of anilines is 1. The molecule has 0 saturated carbocycles. The summed E-state index contributed by atoms with van der Waals surface area (Å²) in [5.41, 5.74) is 3.04. The van der Waals surface area contributed by atoms with Gasteiger partial charge >= 0.3 is 0 Å². The summed E-state index contributed by atoms with van der Waals surface area (Å²) in [6.07, 6.45) is 7.48. The summed E-state index contributed by atoms with van der Waals surface area (Å²) in [7, 11) is 0. The van der Waals surface area contributed by atoms with Gasteiger partial charge in [0.1, 0.15) is 12.4 Å². The normalized spacial score (nSPS) is 17.0. The lowest BCUT2D eigenvalue weighted by atomic mass is 9.90. The molecule has 0 radical (unpaired) electrons. The maximum Gasteiger partial charge on any atom is 0.248 e. The van der Waals surface area contributed by atoms with Gasteiger partial charge in [-0.25, -0.2) is 4.39 Å². The van der Waals surface area contributed by atoms with E-state index in [1.807, 2.05) is 47.1 Å². The van der Waals surface area contributed by atoms with Gasteiger partial charge in [-0.2, -0.15) is 0 Å². The van der Waals surface area contributed by atoms with Gasteiger partial charge in [0.25, 0.3) is 0 Å². The van der Waals surface area contributed by atoms with Gasteiger partial charge in [-0.3, -0.25) is 9.59 Å². The number of carbonyl (C=O) groups is 2. The fraction of sp³-hybridized carbons (Fsp3) is 0.588. The van der Waals surface area contributed by atoms with Crippen LogP contribution in [0.4, 0.5) is 10.1 Å². The first-order chi connectivity index (χ1) is 20.3. The third-order valence-corrected chi connectivity index (χ3v) is 9.21. The molecule has 2 aromatic rings. The van der Waals surface area contributed by atoms with E-state index in [1.54, 1.807) is 12.1 Å². The molecular weight excluding hydrogens is 553 g/mol. The van der Waals surface area contributed by atoms with Crippen molar-refractivity contribution in [3.8, 4) is 0 Å². The van der Waals surface area contributed by atoms with E-state index >= 15 is 0 Å². The molecule has 2 heterocycles. The Kier molecular flexibility index (Phi) is 12.7. The molecule has 42 heavy (non-hydrogen) atoms. The van der Waals surface area contributed by atoms with Crippen LogP contribution in [-0.4, -0.2) is 74.1 Å². The minimum absolute atomic E-state index is 0.0145. The number of nitrogens with zero attached hydrogens (tertiary/aromatic N) is 3. The molecule has 0 N–H and O–H groups in total. The molecule has 2 amide bonds. The predicted molar refractivity (Wildman–Crippen MR) is 167 cm³/mol. The number of likely N-dealkylation sites (tertiary alicyclic amines) is 2. The van der Waals surface area contributed by atoms with Crippen LogP contribution >= 0.6 is 11.6 Å². The topological polar surface area (TPSA) is 53.1 Å². The van der Waals surface area contributed by atoms with Crippen molar-refractivity contribution in [2.75, 3.05) is 57.4 Å². The average molecular weight is 600 g/mol. The van der Waals surface area contributed by atoms with Crippen molar-refractivity contribution < 1.29 is 18.7 Å². The van der Waals surface area contributed by atoms with Gasteiger partial charge in [0, 0.05) is 42.9 Å². The number of carbonyl (C=O) groups excluding carboxylic acids is 2. The number of rotatable bonds is 13. The summed E-state index contributed by atoms with van der Waals surface area (Å²) in [4.78, 5) is 32.7. The molecule has 0 unspecified atom stereocenters. The molecule has 2 fully saturated rings. The van der Waals surface area contributed by atoms with Crippen molar-refractivity contribution in [3.63, 3.8) is 0 Å². The second-order valence-corrected chi connectivity index (χ2v) is 12.4. The van der Waals surface area contributed by atoms with Crippen LogP contribution in [0.25, 0.3) is 0 Å². The largest absolute Gasteiger partial charge is 0.372 e. The lowest BCUT2D eigenvalue weighted by molar-refractivity contribution is -0.139. The average Bonchev–Trinajstić information content (AvgIpc) is 3.00. The van der Waals surface area contributed by atoms with Crippen LogP contribution < -0.4 is 4.90 Å². The smallest absolute Gasteiger partial charge is 0.248 e. The Labute approximate surface area is 256 Å². The van der Waals surface area contributed by atoms with Gasteiger partial charge in [-0.05, 0) is 113 Å². The zero-order chi connectivity index (χ0) is 29.9. The van der Waals surface area contributed by atoms with Gasteiger partial charge in [0.2, 0.25) is 11.8 Å². The Morgan fingerprint density at radius 2 is 1.71 bits per heavy atom. The second kappa shape index (κ2) is 16.4. The highest BCUT2D eigenvalue weighted by Crippen LogP contribution is 2.28. The van der Waals surface area contributed by atoms with Crippen LogP contribution in [0.15, 0.2) is 42.5 Å². The van der Waals surface area contributed by atoms with Gasteiger partial charge in [-0.15, -0.1) is 0 Å². The number of aryl methyl sites for hydroxylation is 1. The SMILES string of the molecule is CCCCOCC(=O)N1CCC(C(=O)N(CCCN2CCC(Cc3ccc(F)cc3)CC2)c2ccc(C)c(Cl)c2)CC1. The molecule has 0 atom stereocenters. The number of hydrogen-bond acceptors (Lipinski definition) is 4. The van der Waals surface area contributed by atoms with E-state index in [0.29, 0.717) is 50.0 Å². The van der Waals surface area contributed by atoms with Crippen LogP contribution in [-0.2, 0) is 20.7 Å². The van der Waals surface area contributed by atoms with Crippen molar-refractivity contribution in [3.05, 3.63) is 64.4 Å². The Balaban J connectivity index is 1.27. The third kappa shape index (κ3) is 9.51. The molecule has 0 aliphatic carbocycles. The highest BCUT2D eigenvalue weighted by atomic mass is 35.5. The molecule has 6 nitrogen and oxygen atoms in total. The fourth-order valence-electron chi connectivity index (χ4n) is 6.03. The highest BCUT2D eigenvalue weighted by Gasteiger charge is 2.31. The van der Waals surface area contributed by atoms with Crippen LogP contribution in [0.1, 0.15) is 63.0 Å². The van der Waals surface area contributed by atoms with Gasteiger partial charge < -0.3 is 19.4 Å².